The summed E-state index contributed by atoms with van der Waals surface area (Å²) in [6.07, 6.45) is 0.611. The molecule has 4 rings (SSSR count). The molecule has 0 fully saturated rings. The van der Waals surface area contributed by atoms with Gasteiger partial charge in [-0.05, 0) is 36.2 Å². The number of hydrogen-bond acceptors (Lipinski definition) is 3. The number of aromatic nitrogens is 2. The van der Waals surface area contributed by atoms with E-state index in [2.05, 4.69) is 20.6 Å². The van der Waals surface area contributed by atoms with Gasteiger partial charge in [0.2, 0.25) is 0 Å². The lowest BCUT2D eigenvalue weighted by Crippen LogP contribution is -2.34. The molecule has 146 valence electrons. The van der Waals surface area contributed by atoms with Crippen molar-refractivity contribution in [1.82, 2.24) is 15.3 Å². The largest absolute Gasteiger partial charge is 0.495 e. The Morgan fingerprint density at radius 3 is 2.52 bits per heavy atom. The molecular formula is C23H22N4O2. The molecule has 0 bridgehead atoms. The number of benzene rings is 3. The molecule has 0 radical (unpaired) electrons. The van der Waals surface area contributed by atoms with Crippen molar-refractivity contribution in [2.75, 3.05) is 12.4 Å². The van der Waals surface area contributed by atoms with Gasteiger partial charge in [-0.25, -0.2) is 9.78 Å². The van der Waals surface area contributed by atoms with Crippen LogP contribution in [0.3, 0.4) is 0 Å². The molecule has 0 saturated carbocycles. The lowest BCUT2D eigenvalue weighted by atomic mass is 10.1. The Kier molecular flexibility index (Phi) is 5.42. The van der Waals surface area contributed by atoms with Crippen molar-refractivity contribution in [3.05, 3.63) is 90.3 Å². The average Bonchev–Trinajstić information content (AvgIpc) is 3.19. The molecule has 29 heavy (non-hydrogen) atoms. The van der Waals surface area contributed by atoms with Crippen LogP contribution in [0.25, 0.3) is 11.0 Å². The van der Waals surface area contributed by atoms with Crippen molar-refractivity contribution in [2.45, 2.75) is 12.5 Å². The lowest BCUT2D eigenvalue weighted by molar-refractivity contribution is 0.248. The summed E-state index contributed by atoms with van der Waals surface area (Å²) in [5.74, 6) is 1.32. The molecule has 0 aliphatic carbocycles. The van der Waals surface area contributed by atoms with Crippen LogP contribution in [0.5, 0.6) is 5.75 Å². The molecule has 0 spiro atoms. The van der Waals surface area contributed by atoms with Gasteiger partial charge in [0.15, 0.2) is 0 Å². The number of anilines is 1. The highest BCUT2D eigenvalue weighted by Crippen LogP contribution is 2.24. The van der Waals surface area contributed by atoms with E-state index in [-0.39, 0.29) is 12.1 Å². The SMILES string of the molecule is COc1ccccc1NC(=O)N[C@H](Cc1ccccc1)c1nc2ccccc2[nH]1. The summed E-state index contributed by atoms with van der Waals surface area (Å²) in [6.45, 7) is 0. The molecule has 6 heteroatoms. The fraction of sp³-hybridized carbons (Fsp3) is 0.130. The van der Waals surface area contributed by atoms with E-state index in [4.69, 9.17) is 4.74 Å². The lowest BCUT2D eigenvalue weighted by Gasteiger charge is -2.18. The van der Waals surface area contributed by atoms with E-state index in [0.717, 1.165) is 16.6 Å². The molecule has 2 amide bonds. The first kappa shape index (κ1) is 18.6. The number of carbonyl (C=O) groups is 1. The van der Waals surface area contributed by atoms with Crippen LogP contribution in [-0.4, -0.2) is 23.1 Å². The first-order chi connectivity index (χ1) is 14.2. The van der Waals surface area contributed by atoms with E-state index in [9.17, 15) is 4.79 Å². The van der Waals surface area contributed by atoms with Gasteiger partial charge in [-0.15, -0.1) is 0 Å². The molecular weight excluding hydrogens is 364 g/mol. The Morgan fingerprint density at radius 1 is 1.00 bits per heavy atom. The second-order valence-corrected chi connectivity index (χ2v) is 6.68. The van der Waals surface area contributed by atoms with Crippen LogP contribution >= 0.6 is 0 Å². The number of imidazole rings is 1. The number of urea groups is 1. The predicted octanol–water partition coefficient (Wildman–Crippen LogP) is 4.68. The Labute approximate surface area is 168 Å². The van der Waals surface area contributed by atoms with Crippen molar-refractivity contribution in [1.29, 1.82) is 0 Å². The van der Waals surface area contributed by atoms with E-state index in [0.29, 0.717) is 23.7 Å². The average molecular weight is 386 g/mol. The summed E-state index contributed by atoms with van der Waals surface area (Å²) in [5.41, 5.74) is 3.52. The third-order valence-corrected chi connectivity index (χ3v) is 4.68. The normalized spacial score (nSPS) is 11.8. The molecule has 0 aliphatic heterocycles. The zero-order valence-electron chi connectivity index (χ0n) is 16.1. The molecule has 0 aliphatic rings. The molecule has 3 N–H and O–H groups in total. The highest BCUT2D eigenvalue weighted by molar-refractivity contribution is 5.91. The predicted molar refractivity (Wildman–Crippen MR) is 114 cm³/mol. The van der Waals surface area contributed by atoms with Crippen LogP contribution in [-0.2, 0) is 6.42 Å². The van der Waals surface area contributed by atoms with Crippen molar-refractivity contribution in [2.24, 2.45) is 0 Å². The van der Waals surface area contributed by atoms with Crippen LogP contribution in [0.1, 0.15) is 17.4 Å². The number of aromatic amines is 1. The Balaban J connectivity index is 1.58. The van der Waals surface area contributed by atoms with E-state index in [1.165, 1.54) is 0 Å². The van der Waals surface area contributed by atoms with E-state index in [1.807, 2.05) is 66.7 Å². The Morgan fingerprint density at radius 2 is 1.72 bits per heavy atom. The van der Waals surface area contributed by atoms with Crippen molar-refractivity contribution in [3.63, 3.8) is 0 Å². The number of ether oxygens (including phenoxy) is 1. The zero-order chi connectivity index (χ0) is 20.1. The van der Waals surface area contributed by atoms with E-state index < -0.39 is 0 Å². The number of rotatable bonds is 6. The minimum absolute atomic E-state index is 0.320. The maximum atomic E-state index is 12.8. The first-order valence-corrected chi connectivity index (χ1v) is 9.42. The third kappa shape index (κ3) is 4.38. The molecule has 6 nitrogen and oxygen atoms in total. The van der Waals surface area contributed by atoms with Gasteiger partial charge in [-0.1, -0.05) is 54.6 Å². The van der Waals surface area contributed by atoms with Gasteiger partial charge in [0.05, 0.1) is 29.9 Å². The monoisotopic (exact) mass is 386 g/mol. The smallest absolute Gasteiger partial charge is 0.319 e. The quantitative estimate of drug-likeness (QED) is 0.450. The van der Waals surface area contributed by atoms with Crippen LogP contribution in [0.2, 0.25) is 0 Å². The Bertz CT molecular complexity index is 1080. The fourth-order valence-electron chi connectivity index (χ4n) is 3.27. The summed E-state index contributed by atoms with van der Waals surface area (Å²) in [5, 5.41) is 5.91. The number of carbonyl (C=O) groups excluding carboxylic acids is 1. The van der Waals surface area contributed by atoms with Crippen LogP contribution in [0, 0.1) is 0 Å². The van der Waals surface area contributed by atoms with Gasteiger partial charge in [-0.3, -0.25) is 0 Å². The van der Waals surface area contributed by atoms with Gasteiger partial charge < -0.3 is 20.4 Å². The number of methoxy groups -OCH3 is 1. The van der Waals surface area contributed by atoms with E-state index >= 15 is 0 Å². The number of H-pyrrole nitrogens is 1. The maximum absolute atomic E-state index is 12.8. The molecule has 4 aromatic rings. The number of nitrogens with one attached hydrogen (secondary N) is 3. The summed E-state index contributed by atoms with van der Waals surface area (Å²) in [7, 11) is 1.57. The zero-order valence-corrected chi connectivity index (χ0v) is 16.1. The fourth-order valence-corrected chi connectivity index (χ4v) is 3.27. The first-order valence-electron chi connectivity index (χ1n) is 9.42. The minimum Gasteiger partial charge on any atom is -0.495 e. The van der Waals surface area contributed by atoms with Gasteiger partial charge >= 0.3 is 6.03 Å². The van der Waals surface area contributed by atoms with Crippen molar-refractivity contribution >= 4 is 22.8 Å². The number of amides is 2. The highest BCUT2D eigenvalue weighted by atomic mass is 16.5. The van der Waals surface area contributed by atoms with Crippen LogP contribution in [0.15, 0.2) is 78.9 Å². The summed E-state index contributed by atoms with van der Waals surface area (Å²) < 4.78 is 5.31. The van der Waals surface area contributed by atoms with Crippen molar-refractivity contribution in [3.8, 4) is 5.75 Å². The number of para-hydroxylation sites is 4. The number of hydrogen-bond donors (Lipinski definition) is 3. The number of fused-ring (bicyclic) bond motifs is 1. The van der Waals surface area contributed by atoms with Gasteiger partial charge in [0, 0.05) is 0 Å². The standard InChI is InChI=1S/C23H22N4O2/c1-29-21-14-8-7-13-19(21)26-23(28)27-20(15-16-9-3-2-4-10-16)22-24-17-11-5-6-12-18(17)25-22/h2-14,20H,15H2,1H3,(H,24,25)(H2,26,27,28)/t20-/m1/s1. The van der Waals surface area contributed by atoms with Gasteiger partial charge in [0.25, 0.3) is 0 Å². The summed E-state index contributed by atoms with van der Waals surface area (Å²) >= 11 is 0. The van der Waals surface area contributed by atoms with Crippen LogP contribution < -0.4 is 15.4 Å². The third-order valence-electron chi connectivity index (χ3n) is 4.68. The van der Waals surface area contributed by atoms with Crippen molar-refractivity contribution < 1.29 is 9.53 Å². The summed E-state index contributed by atoms with van der Waals surface area (Å²) in [6, 6.07) is 24.5. The summed E-state index contributed by atoms with van der Waals surface area (Å²) in [4.78, 5) is 20.8. The highest BCUT2D eigenvalue weighted by Gasteiger charge is 2.20. The number of nitrogens with zero attached hydrogens (tertiary/aromatic N) is 1. The van der Waals surface area contributed by atoms with E-state index in [1.54, 1.807) is 19.2 Å². The van der Waals surface area contributed by atoms with Crippen LogP contribution in [0.4, 0.5) is 10.5 Å². The molecule has 1 heterocycles. The molecule has 3 aromatic carbocycles. The maximum Gasteiger partial charge on any atom is 0.319 e. The molecule has 0 saturated heterocycles. The molecule has 0 unspecified atom stereocenters. The van der Waals surface area contributed by atoms with Gasteiger partial charge in [0.1, 0.15) is 11.6 Å². The molecule has 1 atom stereocenters. The second-order valence-electron chi connectivity index (χ2n) is 6.68. The minimum atomic E-state index is -0.323. The Hall–Kier alpha value is -3.80. The van der Waals surface area contributed by atoms with Gasteiger partial charge in [-0.2, -0.15) is 0 Å². The second kappa shape index (κ2) is 8.48. The molecule has 1 aromatic heterocycles. The topological polar surface area (TPSA) is 79.0 Å².